The van der Waals surface area contributed by atoms with E-state index in [1.54, 1.807) is 30.2 Å². The average molecular weight is 452 g/mol. The summed E-state index contributed by atoms with van der Waals surface area (Å²) in [7, 11) is 1.58. The first-order chi connectivity index (χ1) is 16.0. The molecule has 2 aromatic carbocycles. The lowest BCUT2D eigenvalue weighted by atomic mass is 9.95. The maximum absolute atomic E-state index is 13.1. The average Bonchev–Trinajstić information content (AvgIpc) is 3.10. The molecule has 0 aliphatic carbocycles. The minimum atomic E-state index is -0.645. The van der Waals surface area contributed by atoms with Gasteiger partial charge in [-0.15, -0.1) is 0 Å². The van der Waals surface area contributed by atoms with Crippen LogP contribution in [0.15, 0.2) is 54.1 Å². The van der Waals surface area contributed by atoms with Gasteiger partial charge in [-0.3, -0.25) is 9.59 Å². The van der Waals surface area contributed by atoms with Crippen molar-refractivity contribution in [2.24, 2.45) is 0 Å². The van der Waals surface area contributed by atoms with Crippen molar-refractivity contribution in [3.05, 3.63) is 70.8 Å². The van der Waals surface area contributed by atoms with E-state index in [2.05, 4.69) is 0 Å². The SMILES string of the molecule is COc1ccc(C(O)=C2C(=O)C(=O)N(CCC[NH+]3CCOCC3)C2c2ccccc2)cc1C. The number of nitrogens with one attached hydrogen (secondary N) is 1. The van der Waals surface area contributed by atoms with Gasteiger partial charge in [0.1, 0.15) is 24.6 Å². The number of carbonyl (C=O) groups excluding carboxylic acids is 2. The van der Waals surface area contributed by atoms with E-state index in [1.165, 1.54) is 4.90 Å². The molecule has 2 N–H and O–H groups in total. The number of ketones is 1. The van der Waals surface area contributed by atoms with Gasteiger partial charge in [-0.05, 0) is 36.2 Å². The molecule has 0 bridgehead atoms. The molecular formula is C26H31N2O5+. The molecule has 33 heavy (non-hydrogen) atoms. The summed E-state index contributed by atoms with van der Waals surface area (Å²) in [6, 6.07) is 14.0. The largest absolute Gasteiger partial charge is 0.507 e. The van der Waals surface area contributed by atoms with E-state index in [9.17, 15) is 14.7 Å². The zero-order valence-corrected chi connectivity index (χ0v) is 19.2. The van der Waals surface area contributed by atoms with Gasteiger partial charge in [0.15, 0.2) is 0 Å². The highest BCUT2D eigenvalue weighted by Gasteiger charge is 2.45. The Labute approximate surface area is 194 Å². The molecule has 1 amide bonds. The maximum Gasteiger partial charge on any atom is 0.295 e. The summed E-state index contributed by atoms with van der Waals surface area (Å²) in [5, 5.41) is 11.2. The fourth-order valence-corrected chi connectivity index (χ4v) is 4.68. The van der Waals surface area contributed by atoms with E-state index in [0.717, 1.165) is 50.4 Å². The highest BCUT2D eigenvalue weighted by molar-refractivity contribution is 6.46. The fraction of sp³-hybridized carbons (Fsp3) is 0.385. The third-order valence-electron chi connectivity index (χ3n) is 6.45. The van der Waals surface area contributed by atoms with Crippen molar-refractivity contribution >= 4 is 17.4 Å². The Kier molecular flexibility index (Phi) is 7.11. The Bertz CT molecular complexity index is 1040. The first-order valence-electron chi connectivity index (χ1n) is 11.4. The summed E-state index contributed by atoms with van der Waals surface area (Å²) < 4.78 is 10.7. The second kappa shape index (κ2) is 10.2. The Balaban J connectivity index is 1.66. The standard InChI is InChI=1S/C26H30N2O5/c1-18-17-20(9-10-21(18)32-2)24(29)22-23(19-7-4-3-5-8-19)28(26(31)25(22)30)12-6-11-27-13-15-33-16-14-27/h3-5,7-10,17,23,29H,6,11-16H2,1-2H3/p+1. The number of aryl methyl sites for hydroxylation is 1. The van der Waals surface area contributed by atoms with E-state index in [-0.39, 0.29) is 11.3 Å². The highest BCUT2D eigenvalue weighted by Crippen LogP contribution is 2.39. The number of carbonyl (C=O) groups is 2. The van der Waals surface area contributed by atoms with Crippen LogP contribution >= 0.6 is 0 Å². The number of ether oxygens (including phenoxy) is 2. The number of nitrogens with zero attached hydrogens (tertiary/aromatic N) is 1. The molecule has 0 spiro atoms. The van der Waals surface area contributed by atoms with Crippen LogP contribution in [0.4, 0.5) is 0 Å². The van der Waals surface area contributed by atoms with Gasteiger partial charge >= 0.3 is 0 Å². The smallest absolute Gasteiger partial charge is 0.295 e. The normalized spacial score (nSPS) is 20.9. The van der Waals surface area contributed by atoms with Crippen molar-refractivity contribution in [3.8, 4) is 5.75 Å². The Hall–Kier alpha value is -3.16. The van der Waals surface area contributed by atoms with Gasteiger partial charge in [-0.25, -0.2) is 0 Å². The first-order valence-corrected chi connectivity index (χ1v) is 11.4. The summed E-state index contributed by atoms with van der Waals surface area (Å²) in [5.74, 6) is -0.673. The Morgan fingerprint density at radius 2 is 1.88 bits per heavy atom. The van der Waals surface area contributed by atoms with Crippen LogP contribution in [0, 0.1) is 6.92 Å². The number of likely N-dealkylation sites (tertiary alicyclic amines) is 1. The second-order valence-corrected chi connectivity index (χ2v) is 8.55. The number of morpholine rings is 1. The van der Waals surface area contributed by atoms with E-state index in [1.807, 2.05) is 37.3 Å². The van der Waals surface area contributed by atoms with Crippen molar-refractivity contribution in [3.63, 3.8) is 0 Å². The molecule has 0 aromatic heterocycles. The van der Waals surface area contributed by atoms with Crippen LogP contribution in [0.1, 0.15) is 29.2 Å². The number of rotatable bonds is 7. The quantitative estimate of drug-likeness (QED) is 0.381. The molecule has 1 unspecified atom stereocenters. The number of Topliss-reactive ketones (excluding diaryl/α,β-unsaturated/α-hetero) is 1. The lowest BCUT2D eigenvalue weighted by molar-refractivity contribution is -0.908. The molecule has 0 saturated carbocycles. The number of benzene rings is 2. The monoisotopic (exact) mass is 451 g/mol. The number of hydrogen-bond acceptors (Lipinski definition) is 5. The van der Waals surface area contributed by atoms with E-state index in [4.69, 9.17) is 9.47 Å². The predicted molar refractivity (Wildman–Crippen MR) is 124 cm³/mol. The van der Waals surface area contributed by atoms with Crippen molar-refractivity contribution in [2.75, 3.05) is 46.5 Å². The van der Waals surface area contributed by atoms with Gasteiger partial charge < -0.3 is 24.4 Å². The van der Waals surface area contributed by atoms with Crippen LogP contribution < -0.4 is 9.64 Å². The lowest BCUT2D eigenvalue weighted by Crippen LogP contribution is -3.14. The van der Waals surface area contributed by atoms with Gasteiger partial charge in [-0.2, -0.15) is 0 Å². The van der Waals surface area contributed by atoms with Crippen molar-refractivity contribution in [2.45, 2.75) is 19.4 Å². The minimum Gasteiger partial charge on any atom is -0.507 e. The van der Waals surface area contributed by atoms with Gasteiger partial charge in [0, 0.05) is 18.5 Å². The van der Waals surface area contributed by atoms with Gasteiger partial charge in [0.2, 0.25) is 0 Å². The van der Waals surface area contributed by atoms with E-state index < -0.39 is 17.7 Å². The molecule has 1 atom stereocenters. The van der Waals surface area contributed by atoms with Crippen LogP contribution in [-0.2, 0) is 14.3 Å². The van der Waals surface area contributed by atoms with Crippen LogP contribution in [0.3, 0.4) is 0 Å². The molecule has 0 radical (unpaired) electrons. The van der Waals surface area contributed by atoms with Crippen LogP contribution in [0.2, 0.25) is 0 Å². The van der Waals surface area contributed by atoms with Crippen LogP contribution in [0.25, 0.3) is 5.76 Å². The zero-order chi connectivity index (χ0) is 23.4. The van der Waals surface area contributed by atoms with E-state index in [0.29, 0.717) is 17.9 Å². The van der Waals surface area contributed by atoms with Crippen molar-refractivity contribution < 1.29 is 29.1 Å². The number of aliphatic hydroxyl groups is 1. The number of amides is 1. The third-order valence-corrected chi connectivity index (χ3v) is 6.45. The predicted octanol–water partition coefficient (Wildman–Crippen LogP) is 1.73. The number of aliphatic hydroxyl groups excluding tert-OH is 1. The van der Waals surface area contributed by atoms with Crippen LogP contribution in [0.5, 0.6) is 5.75 Å². The molecule has 4 rings (SSSR count). The summed E-state index contributed by atoms with van der Waals surface area (Å²) in [6.07, 6.45) is 0.771. The van der Waals surface area contributed by atoms with Gasteiger partial charge in [0.05, 0.1) is 38.5 Å². The molecule has 7 heteroatoms. The minimum absolute atomic E-state index is 0.134. The van der Waals surface area contributed by atoms with Gasteiger partial charge in [-0.1, -0.05) is 30.3 Å². The molecule has 2 aliphatic heterocycles. The topological polar surface area (TPSA) is 80.5 Å². The molecule has 2 aliphatic rings. The lowest BCUT2D eigenvalue weighted by Gasteiger charge is -2.27. The third kappa shape index (κ3) is 4.79. The second-order valence-electron chi connectivity index (χ2n) is 8.55. The van der Waals surface area contributed by atoms with Crippen molar-refractivity contribution in [1.82, 2.24) is 4.90 Å². The zero-order valence-electron chi connectivity index (χ0n) is 19.2. The summed E-state index contributed by atoms with van der Waals surface area (Å²) in [6.45, 7) is 6.65. The summed E-state index contributed by atoms with van der Waals surface area (Å²) >= 11 is 0. The summed E-state index contributed by atoms with van der Waals surface area (Å²) in [4.78, 5) is 29.3. The Morgan fingerprint density at radius 1 is 1.15 bits per heavy atom. The molecule has 174 valence electrons. The number of hydrogen-bond donors (Lipinski definition) is 2. The molecule has 2 aromatic rings. The number of quaternary nitrogens is 1. The fourth-order valence-electron chi connectivity index (χ4n) is 4.68. The van der Waals surface area contributed by atoms with Crippen molar-refractivity contribution in [1.29, 1.82) is 0 Å². The Morgan fingerprint density at radius 3 is 2.55 bits per heavy atom. The first kappa shape index (κ1) is 23.0. The highest BCUT2D eigenvalue weighted by atomic mass is 16.5. The molecular weight excluding hydrogens is 420 g/mol. The summed E-state index contributed by atoms with van der Waals surface area (Å²) in [5.41, 5.74) is 2.27. The number of methoxy groups -OCH3 is 1. The van der Waals surface area contributed by atoms with Gasteiger partial charge in [0.25, 0.3) is 11.7 Å². The molecule has 2 saturated heterocycles. The maximum atomic E-state index is 13.1. The molecule has 2 fully saturated rings. The molecule has 2 heterocycles. The molecule has 7 nitrogen and oxygen atoms in total. The van der Waals surface area contributed by atoms with E-state index >= 15 is 0 Å². The van der Waals surface area contributed by atoms with Crippen LogP contribution in [-0.4, -0.2) is 68.2 Å².